The summed E-state index contributed by atoms with van der Waals surface area (Å²) in [6.07, 6.45) is 1.91. The minimum Gasteiger partial charge on any atom is -0.453 e. The average Bonchev–Trinajstić information content (AvgIpc) is 2.77. The van der Waals surface area contributed by atoms with Gasteiger partial charge in [-0.25, -0.2) is 9.59 Å². The molecule has 2 aromatic rings. The number of para-hydroxylation sites is 1. The number of hydrogen-bond donors (Lipinski definition) is 1. The van der Waals surface area contributed by atoms with Crippen LogP contribution in [0, 0.1) is 0 Å². The Morgan fingerprint density at radius 2 is 2.05 bits per heavy atom. The smallest absolute Gasteiger partial charge is 0.406 e. The van der Waals surface area contributed by atoms with Crippen molar-refractivity contribution in [2.75, 3.05) is 13.7 Å². The van der Waals surface area contributed by atoms with E-state index in [1.165, 1.54) is 18.8 Å². The predicted molar refractivity (Wildman–Crippen MR) is 73.3 cm³/mol. The van der Waals surface area contributed by atoms with E-state index in [0.29, 0.717) is 13.0 Å². The van der Waals surface area contributed by atoms with Gasteiger partial charge in [-0.15, -0.1) is 0 Å². The van der Waals surface area contributed by atoms with Crippen LogP contribution >= 0.6 is 0 Å². The number of ether oxygens (including phenoxy) is 1. The van der Waals surface area contributed by atoms with E-state index < -0.39 is 6.09 Å². The normalized spacial score (nSPS) is 10.3. The fourth-order valence-corrected chi connectivity index (χ4v) is 2.00. The van der Waals surface area contributed by atoms with Crippen LogP contribution in [0.15, 0.2) is 30.5 Å². The number of amides is 1. The van der Waals surface area contributed by atoms with Crippen LogP contribution in [0.2, 0.25) is 0 Å². The maximum Gasteiger partial charge on any atom is 0.406 e. The zero-order valence-corrected chi connectivity index (χ0v) is 11.4. The van der Waals surface area contributed by atoms with Crippen molar-refractivity contribution in [2.24, 2.45) is 0 Å². The number of hydrogen-bond acceptors (Lipinski definition) is 4. The van der Waals surface area contributed by atoms with Crippen LogP contribution in [0.3, 0.4) is 0 Å². The van der Waals surface area contributed by atoms with E-state index in [1.807, 2.05) is 24.3 Å². The fraction of sp³-hybridized carbons (Fsp3) is 0.286. The molecule has 2 rings (SSSR count). The minimum atomic E-state index is -0.464. The number of aromatic nitrogens is 1. The van der Waals surface area contributed by atoms with Gasteiger partial charge in [0.15, 0.2) is 0 Å². The molecule has 1 N–H and O–H groups in total. The molecule has 0 aliphatic carbocycles. The second kappa shape index (κ2) is 6.10. The average molecular weight is 276 g/mol. The molecule has 0 bridgehead atoms. The summed E-state index contributed by atoms with van der Waals surface area (Å²) in [7, 11) is 1.32. The van der Waals surface area contributed by atoms with Crippen LogP contribution in [-0.2, 0) is 16.0 Å². The van der Waals surface area contributed by atoms with Crippen molar-refractivity contribution >= 4 is 23.0 Å². The lowest BCUT2D eigenvalue weighted by atomic mass is 10.1. The first-order valence-electron chi connectivity index (χ1n) is 6.21. The van der Waals surface area contributed by atoms with Gasteiger partial charge in [-0.3, -0.25) is 0 Å². The van der Waals surface area contributed by atoms with Crippen molar-refractivity contribution in [1.82, 2.24) is 10.0 Å². The van der Waals surface area contributed by atoms with Crippen LogP contribution < -0.4 is 10.2 Å². The van der Waals surface area contributed by atoms with Gasteiger partial charge >= 0.3 is 12.1 Å². The molecule has 0 saturated heterocycles. The van der Waals surface area contributed by atoms with E-state index in [9.17, 15) is 9.59 Å². The Bertz CT molecular complexity index is 633. The molecular weight excluding hydrogens is 260 g/mol. The number of methoxy groups -OCH3 is 1. The zero-order chi connectivity index (χ0) is 14.5. The summed E-state index contributed by atoms with van der Waals surface area (Å²) in [5.41, 5.74) is 1.80. The summed E-state index contributed by atoms with van der Waals surface area (Å²) in [6, 6.07) is 7.61. The van der Waals surface area contributed by atoms with Crippen LogP contribution in [0.5, 0.6) is 0 Å². The molecule has 1 aromatic carbocycles. The molecule has 1 heterocycles. The van der Waals surface area contributed by atoms with Gasteiger partial charge < -0.3 is 14.9 Å². The lowest BCUT2D eigenvalue weighted by molar-refractivity contribution is -0.140. The van der Waals surface area contributed by atoms with E-state index >= 15 is 0 Å². The van der Waals surface area contributed by atoms with Gasteiger partial charge in [-0.2, -0.15) is 4.73 Å². The monoisotopic (exact) mass is 276 g/mol. The quantitative estimate of drug-likeness (QED) is 0.919. The van der Waals surface area contributed by atoms with E-state index in [-0.39, 0.29) is 5.97 Å². The lowest BCUT2D eigenvalue weighted by Crippen LogP contribution is -2.25. The van der Waals surface area contributed by atoms with Gasteiger partial charge in [0.25, 0.3) is 0 Å². The van der Waals surface area contributed by atoms with Gasteiger partial charge in [0, 0.05) is 25.1 Å². The van der Waals surface area contributed by atoms with Crippen molar-refractivity contribution < 1.29 is 19.2 Å². The lowest BCUT2D eigenvalue weighted by Gasteiger charge is -2.02. The Morgan fingerprint density at radius 1 is 1.30 bits per heavy atom. The molecule has 0 fully saturated rings. The van der Waals surface area contributed by atoms with Crippen LogP contribution in [0.4, 0.5) is 4.79 Å². The summed E-state index contributed by atoms with van der Waals surface area (Å²) in [5.74, 6) is -0.384. The molecule has 0 aliphatic heterocycles. The Kier molecular flexibility index (Phi) is 4.24. The first kappa shape index (κ1) is 13.9. The van der Waals surface area contributed by atoms with Crippen LogP contribution in [0.25, 0.3) is 10.9 Å². The number of carbonyl (C=O) groups is 2. The van der Waals surface area contributed by atoms with E-state index in [2.05, 4.69) is 10.1 Å². The van der Waals surface area contributed by atoms with Crippen LogP contribution in [-0.4, -0.2) is 30.4 Å². The number of benzene rings is 1. The molecule has 0 aliphatic rings. The zero-order valence-electron chi connectivity index (χ0n) is 11.4. The Morgan fingerprint density at radius 3 is 2.75 bits per heavy atom. The van der Waals surface area contributed by atoms with E-state index in [1.54, 1.807) is 6.20 Å². The number of nitrogens with zero attached hydrogens (tertiary/aromatic N) is 1. The van der Waals surface area contributed by atoms with Gasteiger partial charge in [-0.1, -0.05) is 18.2 Å². The summed E-state index contributed by atoms with van der Waals surface area (Å²) >= 11 is 0. The van der Waals surface area contributed by atoms with Gasteiger partial charge in [0.1, 0.15) is 0 Å². The first-order valence-corrected chi connectivity index (χ1v) is 6.21. The maximum atomic E-state index is 11.1. The van der Waals surface area contributed by atoms with Crippen molar-refractivity contribution in [1.29, 1.82) is 0 Å². The SMILES string of the molecule is COC(=O)NCCc1cn(OC(C)=O)c2ccccc12. The number of alkyl carbamates (subject to hydrolysis) is 1. The summed E-state index contributed by atoms with van der Waals surface area (Å²) in [5, 5.41) is 3.60. The molecule has 1 amide bonds. The highest BCUT2D eigenvalue weighted by Crippen LogP contribution is 2.20. The maximum absolute atomic E-state index is 11.1. The largest absolute Gasteiger partial charge is 0.453 e. The molecule has 0 radical (unpaired) electrons. The van der Waals surface area contributed by atoms with Crippen molar-refractivity contribution in [2.45, 2.75) is 13.3 Å². The topological polar surface area (TPSA) is 69.6 Å². The second-order valence-corrected chi connectivity index (χ2v) is 4.25. The van der Waals surface area contributed by atoms with Crippen molar-refractivity contribution in [3.8, 4) is 0 Å². The highest BCUT2D eigenvalue weighted by molar-refractivity contribution is 5.84. The van der Waals surface area contributed by atoms with Crippen molar-refractivity contribution in [3.63, 3.8) is 0 Å². The second-order valence-electron chi connectivity index (χ2n) is 4.25. The Hall–Kier alpha value is -2.50. The molecular formula is C14H16N2O4. The molecule has 0 saturated carbocycles. The third-order valence-corrected chi connectivity index (χ3v) is 2.84. The Labute approximate surface area is 116 Å². The fourth-order valence-electron chi connectivity index (χ4n) is 2.00. The first-order chi connectivity index (χ1) is 9.61. The number of rotatable bonds is 4. The van der Waals surface area contributed by atoms with Gasteiger partial charge in [-0.05, 0) is 18.1 Å². The molecule has 0 unspecified atom stereocenters. The molecule has 6 heteroatoms. The molecule has 6 nitrogen and oxygen atoms in total. The number of fused-ring (bicyclic) bond motifs is 1. The highest BCUT2D eigenvalue weighted by atomic mass is 16.7. The molecule has 0 spiro atoms. The third-order valence-electron chi connectivity index (χ3n) is 2.84. The summed E-state index contributed by atoms with van der Waals surface area (Å²) in [6.45, 7) is 1.80. The molecule has 106 valence electrons. The third kappa shape index (κ3) is 3.09. The molecule has 1 aromatic heterocycles. The minimum absolute atomic E-state index is 0.384. The number of nitrogens with one attached hydrogen (secondary N) is 1. The van der Waals surface area contributed by atoms with E-state index in [0.717, 1.165) is 16.5 Å². The molecule has 0 atom stereocenters. The molecule has 20 heavy (non-hydrogen) atoms. The summed E-state index contributed by atoms with van der Waals surface area (Å²) in [4.78, 5) is 27.2. The van der Waals surface area contributed by atoms with Gasteiger partial charge in [0.2, 0.25) is 0 Å². The van der Waals surface area contributed by atoms with Crippen LogP contribution in [0.1, 0.15) is 12.5 Å². The van der Waals surface area contributed by atoms with Crippen molar-refractivity contribution in [3.05, 3.63) is 36.0 Å². The Balaban J connectivity index is 2.20. The van der Waals surface area contributed by atoms with E-state index in [4.69, 9.17) is 4.84 Å². The predicted octanol–water partition coefficient (Wildman–Crippen LogP) is 1.51. The summed E-state index contributed by atoms with van der Waals surface area (Å²) < 4.78 is 5.96. The van der Waals surface area contributed by atoms with Gasteiger partial charge in [0.05, 0.1) is 12.6 Å². The standard InChI is InChI=1S/C14H16N2O4/c1-10(17)20-16-9-11(7-8-15-14(18)19-2)12-5-3-4-6-13(12)16/h3-6,9H,7-8H2,1-2H3,(H,15,18). The highest BCUT2D eigenvalue weighted by Gasteiger charge is 2.10. The number of carbonyl (C=O) groups excluding carboxylic acids is 2.